The van der Waals surface area contributed by atoms with E-state index in [2.05, 4.69) is 69.4 Å². The minimum Gasteiger partial charge on any atom is -0.462 e. The van der Waals surface area contributed by atoms with E-state index < -0.39 is 12.1 Å². The summed E-state index contributed by atoms with van der Waals surface area (Å²) in [6, 6.07) is 0. The van der Waals surface area contributed by atoms with Crippen LogP contribution in [-0.2, 0) is 28.6 Å². The maximum Gasteiger partial charge on any atom is 0.306 e. The van der Waals surface area contributed by atoms with Crippen molar-refractivity contribution in [3.8, 4) is 0 Å². The van der Waals surface area contributed by atoms with Crippen molar-refractivity contribution in [1.82, 2.24) is 0 Å². The Balaban J connectivity index is 4.37. The highest BCUT2D eigenvalue weighted by Gasteiger charge is 2.19. The molecule has 0 aromatic heterocycles. The molecule has 55 heavy (non-hydrogen) atoms. The number of carbonyl (C=O) groups is 3. The molecule has 0 spiro atoms. The molecule has 0 N–H and O–H groups in total. The Bertz CT molecular complexity index is 1020. The van der Waals surface area contributed by atoms with Gasteiger partial charge in [0.1, 0.15) is 13.2 Å². The summed E-state index contributed by atoms with van der Waals surface area (Å²) in [5, 5.41) is 0. The van der Waals surface area contributed by atoms with E-state index in [1.807, 2.05) is 12.2 Å². The molecule has 6 nitrogen and oxygen atoms in total. The fourth-order valence-corrected chi connectivity index (χ4v) is 6.10. The van der Waals surface area contributed by atoms with E-state index in [0.29, 0.717) is 19.3 Å². The lowest BCUT2D eigenvalue weighted by atomic mass is 10.1. The van der Waals surface area contributed by atoms with Crippen LogP contribution in [0.5, 0.6) is 0 Å². The van der Waals surface area contributed by atoms with Crippen LogP contribution in [0.1, 0.15) is 213 Å². The van der Waals surface area contributed by atoms with E-state index in [4.69, 9.17) is 14.2 Å². The Labute approximate surface area is 339 Å². The van der Waals surface area contributed by atoms with Crippen LogP contribution < -0.4 is 0 Å². The molecule has 0 aliphatic rings. The summed E-state index contributed by atoms with van der Waals surface area (Å²) in [5.74, 6) is -1.00. The molecule has 0 aliphatic heterocycles. The fourth-order valence-electron chi connectivity index (χ4n) is 6.10. The Hall–Kier alpha value is -2.89. The number of carbonyl (C=O) groups excluding carboxylic acids is 3. The Morgan fingerprint density at radius 3 is 1.18 bits per heavy atom. The van der Waals surface area contributed by atoms with Crippen LogP contribution in [0, 0.1) is 0 Å². The standard InChI is InChI=1S/C49H84O6/c1-4-7-10-13-16-18-20-22-23-24-25-27-28-30-33-36-39-42-48(51)54-45-46(44-53-47(50)41-38-35-32-15-12-9-6-3)55-49(52)43-40-37-34-31-29-26-21-19-17-14-11-8-5-2/h8,11,17,19,22-23,26,29,34,37,46H,4-7,9-10,12-16,18,20-21,24-25,27-28,30-33,35-36,38-45H2,1-3H3/b11-8-,19-17-,23-22-,29-26-,37-34-. The highest BCUT2D eigenvalue weighted by atomic mass is 16.6. The lowest BCUT2D eigenvalue weighted by molar-refractivity contribution is -0.166. The van der Waals surface area contributed by atoms with Crippen LogP contribution in [0.15, 0.2) is 60.8 Å². The summed E-state index contributed by atoms with van der Waals surface area (Å²) >= 11 is 0. The van der Waals surface area contributed by atoms with E-state index in [1.54, 1.807) is 0 Å². The molecular formula is C49H84O6. The van der Waals surface area contributed by atoms with Gasteiger partial charge in [0.05, 0.1) is 0 Å². The topological polar surface area (TPSA) is 78.9 Å². The van der Waals surface area contributed by atoms with Crippen molar-refractivity contribution in [2.75, 3.05) is 13.2 Å². The van der Waals surface area contributed by atoms with Crippen LogP contribution in [0.4, 0.5) is 0 Å². The molecule has 0 amide bonds. The summed E-state index contributed by atoms with van der Waals surface area (Å²) in [4.78, 5) is 37.6. The predicted octanol–water partition coefficient (Wildman–Crippen LogP) is 14.5. The molecule has 0 saturated heterocycles. The van der Waals surface area contributed by atoms with Gasteiger partial charge in [0, 0.05) is 19.3 Å². The van der Waals surface area contributed by atoms with Crippen LogP contribution in [-0.4, -0.2) is 37.2 Å². The van der Waals surface area contributed by atoms with Crippen molar-refractivity contribution in [3.63, 3.8) is 0 Å². The third kappa shape index (κ3) is 42.1. The molecule has 1 atom stereocenters. The molecule has 0 heterocycles. The van der Waals surface area contributed by atoms with Crippen LogP contribution in [0.2, 0.25) is 0 Å². The first-order valence-electron chi connectivity index (χ1n) is 22.8. The van der Waals surface area contributed by atoms with E-state index in [-0.39, 0.29) is 31.6 Å². The molecule has 0 fully saturated rings. The molecule has 6 heteroatoms. The first kappa shape index (κ1) is 52.1. The number of hydrogen-bond donors (Lipinski definition) is 0. The first-order chi connectivity index (χ1) is 27.0. The zero-order chi connectivity index (χ0) is 40.1. The molecule has 0 aromatic carbocycles. The zero-order valence-electron chi connectivity index (χ0n) is 35.9. The maximum absolute atomic E-state index is 12.6. The Kier molecular flexibility index (Phi) is 41.5. The maximum atomic E-state index is 12.6. The highest BCUT2D eigenvalue weighted by Crippen LogP contribution is 2.13. The Morgan fingerprint density at radius 2 is 0.745 bits per heavy atom. The fraction of sp³-hybridized carbons (Fsp3) is 0.735. The summed E-state index contributed by atoms with van der Waals surface area (Å²) in [6.45, 7) is 6.39. The molecule has 0 rings (SSSR count). The van der Waals surface area contributed by atoms with Crippen molar-refractivity contribution in [3.05, 3.63) is 60.8 Å². The quantitative estimate of drug-likeness (QED) is 0.0267. The number of unbranched alkanes of at least 4 members (excludes halogenated alkanes) is 19. The first-order valence-corrected chi connectivity index (χ1v) is 22.8. The summed E-state index contributed by atoms with van der Waals surface area (Å²) < 4.78 is 16.6. The monoisotopic (exact) mass is 769 g/mol. The van der Waals surface area contributed by atoms with Crippen molar-refractivity contribution >= 4 is 17.9 Å². The van der Waals surface area contributed by atoms with Gasteiger partial charge in [-0.2, -0.15) is 0 Å². The SMILES string of the molecule is CC/C=C\C/C=C\C/C=C\C/C=C\CCC(=O)OC(COC(=O)CCCCCCCCC)COC(=O)CCCCCCCCC/C=C\CCCCCCCC. The summed E-state index contributed by atoms with van der Waals surface area (Å²) in [6.07, 6.45) is 52.3. The van der Waals surface area contributed by atoms with Crippen molar-refractivity contribution < 1.29 is 28.6 Å². The van der Waals surface area contributed by atoms with Gasteiger partial charge in [-0.15, -0.1) is 0 Å². The zero-order valence-corrected chi connectivity index (χ0v) is 35.9. The average Bonchev–Trinajstić information content (AvgIpc) is 3.18. The summed E-state index contributed by atoms with van der Waals surface area (Å²) in [5.41, 5.74) is 0. The van der Waals surface area contributed by atoms with Gasteiger partial charge in [0.2, 0.25) is 0 Å². The highest BCUT2D eigenvalue weighted by molar-refractivity contribution is 5.71. The minimum absolute atomic E-state index is 0.104. The second kappa shape index (κ2) is 43.8. The average molecular weight is 769 g/mol. The molecule has 0 aliphatic carbocycles. The molecule has 0 saturated carbocycles. The van der Waals surface area contributed by atoms with Gasteiger partial charge in [0.15, 0.2) is 6.10 Å². The van der Waals surface area contributed by atoms with E-state index >= 15 is 0 Å². The second-order valence-electron chi connectivity index (χ2n) is 14.9. The van der Waals surface area contributed by atoms with E-state index in [1.165, 1.54) is 103 Å². The number of esters is 3. The smallest absolute Gasteiger partial charge is 0.306 e. The molecule has 0 aromatic rings. The lowest BCUT2D eigenvalue weighted by Gasteiger charge is -2.18. The third-order valence-electron chi connectivity index (χ3n) is 9.52. The molecule has 316 valence electrons. The van der Waals surface area contributed by atoms with Gasteiger partial charge >= 0.3 is 17.9 Å². The molecular weight excluding hydrogens is 685 g/mol. The molecule has 0 bridgehead atoms. The largest absolute Gasteiger partial charge is 0.462 e. The predicted molar refractivity (Wildman–Crippen MR) is 233 cm³/mol. The lowest BCUT2D eigenvalue weighted by Crippen LogP contribution is -2.30. The van der Waals surface area contributed by atoms with Crippen LogP contribution >= 0.6 is 0 Å². The molecule has 1 unspecified atom stereocenters. The van der Waals surface area contributed by atoms with Gasteiger partial charge in [-0.3, -0.25) is 14.4 Å². The number of ether oxygens (including phenoxy) is 3. The van der Waals surface area contributed by atoms with Crippen LogP contribution in [0.25, 0.3) is 0 Å². The van der Waals surface area contributed by atoms with Gasteiger partial charge < -0.3 is 14.2 Å². The van der Waals surface area contributed by atoms with E-state index in [0.717, 1.165) is 64.2 Å². The number of allylic oxidation sites excluding steroid dienone is 10. The summed E-state index contributed by atoms with van der Waals surface area (Å²) in [7, 11) is 0. The van der Waals surface area contributed by atoms with Gasteiger partial charge in [0.25, 0.3) is 0 Å². The van der Waals surface area contributed by atoms with Gasteiger partial charge in [-0.1, -0.05) is 184 Å². The molecule has 0 radical (unpaired) electrons. The second-order valence-corrected chi connectivity index (χ2v) is 14.9. The van der Waals surface area contributed by atoms with Gasteiger partial charge in [-0.25, -0.2) is 0 Å². The minimum atomic E-state index is -0.808. The van der Waals surface area contributed by atoms with Crippen LogP contribution in [0.3, 0.4) is 0 Å². The van der Waals surface area contributed by atoms with Crippen molar-refractivity contribution in [1.29, 1.82) is 0 Å². The van der Waals surface area contributed by atoms with Gasteiger partial charge in [-0.05, 0) is 70.6 Å². The van der Waals surface area contributed by atoms with Crippen molar-refractivity contribution in [2.24, 2.45) is 0 Å². The normalized spacial score (nSPS) is 12.6. The number of rotatable bonds is 40. The van der Waals surface area contributed by atoms with E-state index in [9.17, 15) is 14.4 Å². The van der Waals surface area contributed by atoms with Crippen molar-refractivity contribution in [2.45, 2.75) is 219 Å². The third-order valence-corrected chi connectivity index (χ3v) is 9.52. The Morgan fingerprint density at radius 1 is 0.382 bits per heavy atom. The number of hydrogen-bond acceptors (Lipinski definition) is 6.